The lowest BCUT2D eigenvalue weighted by atomic mass is 10.1. The molecular formula is C20H21NO4S. The predicted molar refractivity (Wildman–Crippen MR) is 103 cm³/mol. The molecule has 0 atom stereocenters. The monoisotopic (exact) mass is 371 g/mol. The number of amides is 1. The average molecular weight is 371 g/mol. The van der Waals surface area contributed by atoms with Gasteiger partial charge in [-0.25, -0.2) is 8.42 Å². The van der Waals surface area contributed by atoms with E-state index in [0.717, 1.165) is 22.1 Å². The molecule has 3 aromatic rings. The van der Waals surface area contributed by atoms with Crippen LogP contribution >= 0.6 is 0 Å². The van der Waals surface area contributed by atoms with Gasteiger partial charge in [0.05, 0.1) is 10.6 Å². The van der Waals surface area contributed by atoms with E-state index in [4.69, 9.17) is 4.42 Å². The number of hydrogen-bond acceptors (Lipinski definition) is 4. The predicted octanol–water partition coefficient (Wildman–Crippen LogP) is 4.40. The Morgan fingerprint density at radius 2 is 1.73 bits per heavy atom. The standard InChI is InChI=1S/C20H21NO4S/c1-5-26(23,24)16-8-6-15(7-9-16)21-20(22)19-14(4)17-11-12(2)10-13(3)18(17)25-19/h6-11H,5H2,1-4H3,(H,21,22). The van der Waals surface area contributed by atoms with Gasteiger partial charge >= 0.3 is 0 Å². The van der Waals surface area contributed by atoms with Crippen LogP contribution < -0.4 is 5.32 Å². The summed E-state index contributed by atoms with van der Waals surface area (Å²) >= 11 is 0. The number of carbonyl (C=O) groups excluding carboxylic acids is 1. The van der Waals surface area contributed by atoms with Crippen LogP contribution in [0.1, 0.15) is 34.2 Å². The number of benzene rings is 2. The molecule has 0 fully saturated rings. The number of carbonyl (C=O) groups is 1. The number of sulfone groups is 1. The zero-order chi connectivity index (χ0) is 19.1. The van der Waals surface area contributed by atoms with Crippen molar-refractivity contribution < 1.29 is 17.6 Å². The highest BCUT2D eigenvalue weighted by atomic mass is 32.2. The second kappa shape index (κ2) is 6.61. The van der Waals surface area contributed by atoms with Gasteiger partial charge in [-0.2, -0.15) is 0 Å². The lowest BCUT2D eigenvalue weighted by molar-refractivity contribution is 0.0998. The van der Waals surface area contributed by atoms with Crippen molar-refractivity contribution in [3.8, 4) is 0 Å². The first-order valence-corrected chi connectivity index (χ1v) is 10.0. The van der Waals surface area contributed by atoms with E-state index in [9.17, 15) is 13.2 Å². The quantitative estimate of drug-likeness (QED) is 0.737. The maximum atomic E-state index is 12.6. The third-order valence-electron chi connectivity index (χ3n) is 4.43. The van der Waals surface area contributed by atoms with E-state index >= 15 is 0 Å². The van der Waals surface area contributed by atoms with Gasteiger partial charge in [-0.05, 0) is 62.2 Å². The number of anilines is 1. The minimum atomic E-state index is -3.26. The Hall–Kier alpha value is -2.60. The third kappa shape index (κ3) is 3.24. The Bertz CT molecular complexity index is 1090. The van der Waals surface area contributed by atoms with Gasteiger partial charge in [-0.15, -0.1) is 0 Å². The fourth-order valence-corrected chi connectivity index (χ4v) is 3.87. The summed E-state index contributed by atoms with van der Waals surface area (Å²) in [7, 11) is -3.26. The Balaban J connectivity index is 1.90. The first kappa shape index (κ1) is 18.2. The van der Waals surface area contributed by atoms with Crippen molar-refractivity contribution in [2.24, 2.45) is 0 Å². The lowest BCUT2D eigenvalue weighted by Gasteiger charge is -2.06. The molecule has 0 bridgehead atoms. The number of rotatable bonds is 4. The zero-order valence-electron chi connectivity index (χ0n) is 15.2. The van der Waals surface area contributed by atoms with Crippen LogP contribution in [0.15, 0.2) is 45.7 Å². The molecule has 0 aliphatic heterocycles. The molecule has 1 heterocycles. The largest absolute Gasteiger partial charge is 0.450 e. The summed E-state index contributed by atoms with van der Waals surface area (Å²) in [6, 6.07) is 10.2. The summed E-state index contributed by atoms with van der Waals surface area (Å²) in [5.41, 5.74) is 4.10. The first-order valence-electron chi connectivity index (χ1n) is 8.37. The molecule has 26 heavy (non-hydrogen) atoms. The molecule has 6 heteroatoms. The molecule has 0 radical (unpaired) electrons. The van der Waals surface area contributed by atoms with E-state index in [-0.39, 0.29) is 22.3 Å². The van der Waals surface area contributed by atoms with Crippen molar-refractivity contribution in [3.63, 3.8) is 0 Å². The fraction of sp³-hybridized carbons (Fsp3) is 0.250. The van der Waals surface area contributed by atoms with Crippen LogP contribution in [0.5, 0.6) is 0 Å². The van der Waals surface area contributed by atoms with Crippen LogP contribution in [0, 0.1) is 20.8 Å². The summed E-state index contributed by atoms with van der Waals surface area (Å²) in [6.45, 7) is 7.41. The molecule has 0 saturated carbocycles. The number of fused-ring (bicyclic) bond motifs is 1. The van der Waals surface area contributed by atoms with Gasteiger partial charge in [-0.3, -0.25) is 4.79 Å². The summed E-state index contributed by atoms with van der Waals surface area (Å²) in [5, 5.41) is 3.69. The highest BCUT2D eigenvalue weighted by Gasteiger charge is 2.19. The van der Waals surface area contributed by atoms with Crippen molar-refractivity contribution in [2.75, 3.05) is 11.1 Å². The lowest BCUT2D eigenvalue weighted by Crippen LogP contribution is -2.12. The van der Waals surface area contributed by atoms with Crippen LogP contribution in [-0.2, 0) is 9.84 Å². The average Bonchev–Trinajstić information content (AvgIpc) is 2.93. The molecule has 1 aromatic heterocycles. The van der Waals surface area contributed by atoms with Crippen molar-refractivity contribution in [3.05, 3.63) is 58.8 Å². The highest BCUT2D eigenvalue weighted by molar-refractivity contribution is 7.91. The van der Waals surface area contributed by atoms with Crippen molar-refractivity contribution in [1.29, 1.82) is 0 Å². The van der Waals surface area contributed by atoms with Crippen LogP contribution in [0.25, 0.3) is 11.0 Å². The molecule has 2 aromatic carbocycles. The first-order chi connectivity index (χ1) is 12.2. The van der Waals surface area contributed by atoms with Gasteiger partial charge in [-0.1, -0.05) is 13.0 Å². The van der Waals surface area contributed by atoms with E-state index < -0.39 is 9.84 Å². The van der Waals surface area contributed by atoms with Crippen LogP contribution in [0.3, 0.4) is 0 Å². The summed E-state index contributed by atoms with van der Waals surface area (Å²) in [5.74, 6) is -0.0591. The SMILES string of the molecule is CCS(=O)(=O)c1ccc(NC(=O)c2oc3c(C)cc(C)cc3c2C)cc1. The molecule has 0 aliphatic rings. The zero-order valence-corrected chi connectivity index (χ0v) is 16.0. The summed E-state index contributed by atoms with van der Waals surface area (Å²) < 4.78 is 29.5. The molecule has 0 saturated heterocycles. The van der Waals surface area contributed by atoms with Crippen molar-refractivity contribution in [1.82, 2.24) is 0 Å². The van der Waals surface area contributed by atoms with E-state index in [1.807, 2.05) is 32.9 Å². The second-order valence-electron chi connectivity index (χ2n) is 6.40. The van der Waals surface area contributed by atoms with Gasteiger partial charge in [0.2, 0.25) is 0 Å². The number of furan rings is 1. The topological polar surface area (TPSA) is 76.4 Å². The van der Waals surface area contributed by atoms with Crippen molar-refractivity contribution >= 4 is 32.4 Å². The highest BCUT2D eigenvalue weighted by Crippen LogP contribution is 2.29. The Kier molecular flexibility index (Phi) is 4.63. The van der Waals surface area contributed by atoms with E-state index in [2.05, 4.69) is 5.32 Å². The summed E-state index contributed by atoms with van der Waals surface area (Å²) in [6.07, 6.45) is 0. The molecule has 5 nitrogen and oxygen atoms in total. The number of hydrogen-bond donors (Lipinski definition) is 1. The molecular weight excluding hydrogens is 350 g/mol. The van der Waals surface area contributed by atoms with Crippen LogP contribution in [-0.4, -0.2) is 20.1 Å². The molecule has 1 N–H and O–H groups in total. The van der Waals surface area contributed by atoms with E-state index in [0.29, 0.717) is 11.3 Å². The molecule has 136 valence electrons. The van der Waals surface area contributed by atoms with E-state index in [1.54, 1.807) is 19.1 Å². The van der Waals surface area contributed by atoms with Gasteiger partial charge in [0.1, 0.15) is 5.58 Å². The number of aryl methyl sites for hydroxylation is 3. The smallest absolute Gasteiger partial charge is 0.291 e. The molecule has 1 amide bonds. The summed E-state index contributed by atoms with van der Waals surface area (Å²) in [4.78, 5) is 12.9. The maximum absolute atomic E-state index is 12.6. The minimum absolute atomic E-state index is 0.0374. The second-order valence-corrected chi connectivity index (χ2v) is 8.67. The molecule has 0 unspecified atom stereocenters. The molecule has 3 rings (SSSR count). The third-order valence-corrected chi connectivity index (χ3v) is 6.18. The fourth-order valence-electron chi connectivity index (χ4n) is 2.99. The normalized spacial score (nSPS) is 11.7. The Morgan fingerprint density at radius 1 is 1.08 bits per heavy atom. The van der Waals surface area contributed by atoms with E-state index in [1.165, 1.54) is 12.1 Å². The Labute approximate surface area is 152 Å². The molecule has 0 aliphatic carbocycles. The number of nitrogens with one attached hydrogen (secondary N) is 1. The van der Waals surface area contributed by atoms with Crippen LogP contribution in [0.4, 0.5) is 5.69 Å². The minimum Gasteiger partial charge on any atom is -0.450 e. The van der Waals surface area contributed by atoms with Gasteiger partial charge in [0.15, 0.2) is 15.6 Å². The van der Waals surface area contributed by atoms with Gasteiger partial charge < -0.3 is 9.73 Å². The van der Waals surface area contributed by atoms with Gasteiger partial charge in [0, 0.05) is 16.6 Å². The van der Waals surface area contributed by atoms with Crippen molar-refractivity contribution in [2.45, 2.75) is 32.6 Å². The molecule has 0 spiro atoms. The maximum Gasteiger partial charge on any atom is 0.291 e. The van der Waals surface area contributed by atoms with Gasteiger partial charge in [0.25, 0.3) is 5.91 Å². The van der Waals surface area contributed by atoms with Crippen LogP contribution in [0.2, 0.25) is 0 Å². The Morgan fingerprint density at radius 3 is 2.35 bits per heavy atom.